The van der Waals surface area contributed by atoms with Crippen LogP contribution in [0, 0.1) is 0 Å². The molecule has 2 aromatic rings. The van der Waals surface area contributed by atoms with Crippen molar-refractivity contribution in [2.24, 2.45) is 0 Å². The number of nitrogens with zero attached hydrogens (tertiary/aromatic N) is 5. The van der Waals surface area contributed by atoms with E-state index in [4.69, 9.17) is 0 Å². The van der Waals surface area contributed by atoms with Crippen molar-refractivity contribution in [1.29, 1.82) is 0 Å². The summed E-state index contributed by atoms with van der Waals surface area (Å²) in [7, 11) is 5.39. The Labute approximate surface area is 148 Å². The molecule has 0 saturated carbocycles. The molecule has 0 saturated heterocycles. The van der Waals surface area contributed by atoms with E-state index in [1.54, 1.807) is 37.1 Å². The van der Waals surface area contributed by atoms with Gasteiger partial charge in [0.15, 0.2) is 5.82 Å². The van der Waals surface area contributed by atoms with Crippen LogP contribution in [-0.2, 0) is 0 Å². The second-order valence-electron chi connectivity index (χ2n) is 5.75. The van der Waals surface area contributed by atoms with Crippen LogP contribution in [0.15, 0.2) is 37.4 Å². The third kappa shape index (κ3) is 4.06. The molecule has 1 aromatic carbocycles. The van der Waals surface area contributed by atoms with Crippen molar-refractivity contribution in [2.75, 3.05) is 33.0 Å². The Kier molecular flexibility index (Phi) is 5.59. The Hall–Kier alpha value is -3.09. The average Bonchev–Trinajstić information content (AvgIpc) is 3.03. The lowest BCUT2D eigenvalue weighted by Gasteiger charge is -2.18. The van der Waals surface area contributed by atoms with E-state index in [0.717, 1.165) is 17.9 Å². The fraction of sp³-hybridized carbons (Fsp3) is 0.278. The van der Waals surface area contributed by atoms with Gasteiger partial charge in [-0.25, -0.2) is 4.68 Å². The topological polar surface area (TPSA) is 66.3 Å². The van der Waals surface area contributed by atoms with E-state index in [-0.39, 0.29) is 5.91 Å². The normalized spacial score (nSPS) is 10.2. The molecule has 0 bridgehead atoms. The van der Waals surface area contributed by atoms with E-state index >= 15 is 0 Å². The van der Waals surface area contributed by atoms with Gasteiger partial charge in [0, 0.05) is 45.1 Å². The highest BCUT2D eigenvalue weighted by molar-refractivity contribution is 5.94. The number of carbonyl (C=O) groups excluding carboxylic acids is 1. The van der Waals surface area contributed by atoms with Crippen molar-refractivity contribution in [3.8, 4) is 0 Å². The van der Waals surface area contributed by atoms with E-state index in [0.29, 0.717) is 17.3 Å². The number of hydrogen-bond acceptors (Lipinski definition) is 5. The summed E-state index contributed by atoms with van der Waals surface area (Å²) in [6.45, 7) is 10.7. The quantitative estimate of drug-likeness (QED) is 0.839. The van der Waals surface area contributed by atoms with E-state index in [9.17, 15) is 4.79 Å². The maximum Gasteiger partial charge on any atom is 0.253 e. The summed E-state index contributed by atoms with van der Waals surface area (Å²) in [5.74, 6) is 1.02. The molecule has 0 unspecified atom stereocenters. The predicted molar refractivity (Wildman–Crippen MR) is 101 cm³/mol. The van der Waals surface area contributed by atoms with Crippen molar-refractivity contribution in [2.45, 2.75) is 6.92 Å². The lowest BCUT2D eigenvalue weighted by molar-refractivity contribution is 0.0827. The summed E-state index contributed by atoms with van der Waals surface area (Å²) in [6.07, 6.45) is 1.58. The molecule has 25 heavy (non-hydrogen) atoms. The molecule has 1 N–H and O–H groups in total. The van der Waals surface area contributed by atoms with Gasteiger partial charge in [-0.05, 0) is 31.2 Å². The first kappa shape index (κ1) is 18.3. The molecule has 0 aliphatic rings. The van der Waals surface area contributed by atoms with Crippen molar-refractivity contribution in [3.63, 3.8) is 0 Å². The third-order valence-electron chi connectivity index (χ3n) is 3.79. The number of benzene rings is 1. The van der Waals surface area contributed by atoms with E-state index in [2.05, 4.69) is 28.6 Å². The van der Waals surface area contributed by atoms with Gasteiger partial charge in [0.1, 0.15) is 0 Å². The number of nitrogens with one attached hydrogen (secondary N) is 1. The standard InChI is InChI=1S/C18H24N6O/c1-7-23(6)13(3)16-20-18(21-24(16)8-2)19-15-11-9-14(10-12-15)17(25)22(4)5/h8-12H,2-3,7H2,1,4-6H3,(H,19,21). The summed E-state index contributed by atoms with van der Waals surface area (Å²) in [4.78, 5) is 19.9. The SMILES string of the molecule is C=Cn1nc(Nc2ccc(C(=O)N(C)C)cc2)nc1C(=C)N(C)CC. The molecule has 1 amide bonds. The van der Waals surface area contributed by atoms with Crippen LogP contribution in [0.5, 0.6) is 0 Å². The highest BCUT2D eigenvalue weighted by Crippen LogP contribution is 2.19. The molecule has 0 fully saturated rings. The van der Waals surface area contributed by atoms with Crippen LogP contribution in [-0.4, -0.2) is 58.2 Å². The van der Waals surface area contributed by atoms with Gasteiger partial charge in [-0.2, -0.15) is 4.98 Å². The predicted octanol–water partition coefficient (Wildman–Crippen LogP) is 2.75. The van der Waals surface area contributed by atoms with Crippen molar-refractivity contribution >= 4 is 29.4 Å². The van der Waals surface area contributed by atoms with Crippen LogP contribution >= 0.6 is 0 Å². The van der Waals surface area contributed by atoms with Crippen LogP contribution in [0.3, 0.4) is 0 Å². The zero-order chi connectivity index (χ0) is 18.6. The highest BCUT2D eigenvalue weighted by atomic mass is 16.2. The van der Waals surface area contributed by atoms with Gasteiger partial charge in [0.05, 0.1) is 5.70 Å². The van der Waals surface area contributed by atoms with Gasteiger partial charge in [0.2, 0.25) is 5.95 Å². The van der Waals surface area contributed by atoms with Crippen LogP contribution in [0.1, 0.15) is 23.1 Å². The molecular weight excluding hydrogens is 316 g/mol. The molecule has 1 aromatic heterocycles. The number of aromatic nitrogens is 3. The average molecular weight is 340 g/mol. The zero-order valence-corrected chi connectivity index (χ0v) is 15.2. The molecule has 0 aliphatic heterocycles. The number of amides is 1. The molecule has 0 radical (unpaired) electrons. The molecule has 0 atom stereocenters. The Morgan fingerprint density at radius 1 is 1.28 bits per heavy atom. The maximum atomic E-state index is 11.9. The highest BCUT2D eigenvalue weighted by Gasteiger charge is 2.14. The second kappa shape index (κ2) is 7.65. The summed E-state index contributed by atoms with van der Waals surface area (Å²) < 4.78 is 1.58. The van der Waals surface area contributed by atoms with E-state index in [1.807, 2.05) is 31.0 Å². The van der Waals surface area contributed by atoms with Gasteiger partial charge in [-0.15, -0.1) is 5.10 Å². The first-order chi connectivity index (χ1) is 11.9. The molecule has 0 aliphatic carbocycles. The monoisotopic (exact) mass is 340 g/mol. The minimum absolute atomic E-state index is 0.0400. The van der Waals surface area contributed by atoms with Gasteiger partial charge in [0.25, 0.3) is 5.91 Å². The minimum atomic E-state index is -0.0400. The number of rotatable bonds is 7. The van der Waals surface area contributed by atoms with E-state index < -0.39 is 0 Å². The summed E-state index contributed by atoms with van der Waals surface area (Å²) in [5.41, 5.74) is 2.17. The minimum Gasteiger partial charge on any atom is -0.372 e. The first-order valence-corrected chi connectivity index (χ1v) is 7.95. The second-order valence-corrected chi connectivity index (χ2v) is 5.75. The van der Waals surface area contributed by atoms with Crippen molar-refractivity contribution < 1.29 is 4.79 Å². The molecule has 132 valence electrons. The zero-order valence-electron chi connectivity index (χ0n) is 15.2. The largest absolute Gasteiger partial charge is 0.372 e. The molecule has 7 nitrogen and oxygen atoms in total. The van der Waals surface area contributed by atoms with Crippen LogP contribution < -0.4 is 5.32 Å². The Morgan fingerprint density at radius 3 is 2.44 bits per heavy atom. The molecular formula is C18H24N6O. The number of hydrogen-bond donors (Lipinski definition) is 1. The maximum absolute atomic E-state index is 11.9. The smallest absolute Gasteiger partial charge is 0.253 e. The molecule has 0 spiro atoms. The van der Waals surface area contributed by atoms with Crippen LogP contribution in [0.4, 0.5) is 11.6 Å². The Morgan fingerprint density at radius 2 is 1.92 bits per heavy atom. The first-order valence-electron chi connectivity index (χ1n) is 7.95. The van der Waals surface area contributed by atoms with Gasteiger partial charge >= 0.3 is 0 Å². The number of anilines is 2. The molecule has 1 heterocycles. The summed E-state index contributed by atoms with van der Waals surface area (Å²) >= 11 is 0. The van der Waals surface area contributed by atoms with Crippen LogP contribution in [0.2, 0.25) is 0 Å². The lowest BCUT2D eigenvalue weighted by Crippen LogP contribution is -2.21. The fourth-order valence-corrected chi connectivity index (χ4v) is 2.15. The van der Waals surface area contributed by atoms with Crippen molar-refractivity contribution in [1.82, 2.24) is 24.6 Å². The summed E-state index contributed by atoms with van der Waals surface area (Å²) in [6, 6.07) is 7.16. The van der Waals surface area contributed by atoms with Gasteiger partial charge in [-0.3, -0.25) is 4.79 Å². The fourth-order valence-electron chi connectivity index (χ4n) is 2.15. The van der Waals surface area contributed by atoms with E-state index in [1.165, 1.54) is 4.90 Å². The van der Waals surface area contributed by atoms with Crippen molar-refractivity contribution in [3.05, 3.63) is 48.8 Å². The number of carbonyl (C=O) groups is 1. The van der Waals surface area contributed by atoms with Crippen LogP contribution in [0.25, 0.3) is 11.9 Å². The third-order valence-corrected chi connectivity index (χ3v) is 3.79. The van der Waals surface area contributed by atoms with Gasteiger partial charge in [-0.1, -0.05) is 13.2 Å². The Bertz CT molecular complexity index is 775. The lowest BCUT2D eigenvalue weighted by atomic mass is 10.2. The molecule has 2 rings (SSSR count). The Balaban J connectivity index is 2.20. The molecule has 7 heteroatoms. The van der Waals surface area contributed by atoms with Gasteiger partial charge < -0.3 is 15.1 Å². The summed E-state index contributed by atoms with van der Waals surface area (Å²) in [5, 5.41) is 7.49.